The molecule has 3 aromatic rings. The molecule has 3 N–H and O–H groups in total. The summed E-state index contributed by atoms with van der Waals surface area (Å²) < 4.78 is 34.0. The first kappa shape index (κ1) is 17.3. The smallest absolute Gasteiger partial charge is 0.255 e. The minimum Gasteiger partial charge on any atom is -0.472 e. The number of ether oxygens (including phenoxy) is 1. The second-order valence-corrected chi connectivity index (χ2v) is 7.30. The molecule has 1 aliphatic heterocycles. The molecule has 11 heteroatoms. The number of aromatic amines is 1. The molecule has 3 aromatic heterocycles. The Kier molecular flexibility index (Phi) is 4.11. The molecule has 2 aliphatic rings. The second kappa shape index (κ2) is 6.66. The van der Waals surface area contributed by atoms with Gasteiger partial charge in [0.25, 0.3) is 5.92 Å². The Bertz CT molecular complexity index is 959. The number of aromatic nitrogens is 6. The van der Waals surface area contributed by atoms with Crippen molar-refractivity contribution in [2.24, 2.45) is 0 Å². The van der Waals surface area contributed by atoms with E-state index in [1.165, 1.54) is 4.52 Å². The van der Waals surface area contributed by atoms with Gasteiger partial charge in [-0.25, -0.2) is 13.8 Å². The van der Waals surface area contributed by atoms with Crippen LogP contribution in [0.1, 0.15) is 25.7 Å². The molecule has 9 nitrogen and oxygen atoms in total. The number of H-pyrrole nitrogens is 1. The van der Waals surface area contributed by atoms with E-state index in [1.54, 1.807) is 18.6 Å². The van der Waals surface area contributed by atoms with E-state index in [4.69, 9.17) is 4.74 Å². The molecular weight excluding hydrogens is 370 g/mol. The highest BCUT2D eigenvalue weighted by Gasteiger charge is 2.47. The fourth-order valence-corrected chi connectivity index (χ4v) is 3.59. The van der Waals surface area contributed by atoms with Crippen molar-refractivity contribution in [2.75, 3.05) is 18.4 Å². The molecule has 0 spiro atoms. The van der Waals surface area contributed by atoms with Crippen LogP contribution in [0.2, 0.25) is 0 Å². The number of piperidine rings is 1. The van der Waals surface area contributed by atoms with Crippen molar-refractivity contribution in [1.29, 1.82) is 0 Å². The average molecular weight is 390 g/mol. The van der Waals surface area contributed by atoms with Crippen molar-refractivity contribution in [3.05, 3.63) is 18.6 Å². The lowest BCUT2D eigenvalue weighted by Crippen LogP contribution is -2.43. The van der Waals surface area contributed by atoms with Crippen LogP contribution >= 0.6 is 0 Å². The number of nitrogens with one attached hydrogen (secondary N) is 3. The molecule has 4 heterocycles. The lowest BCUT2D eigenvalue weighted by molar-refractivity contribution is -0.135. The molecule has 1 unspecified atom stereocenters. The third kappa shape index (κ3) is 3.26. The quantitative estimate of drug-likeness (QED) is 0.611. The number of alkyl halides is 2. The molecule has 28 heavy (non-hydrogen) atoms. The number of rotatable bonds is 5. The van der Waals surface area contributed by atoms with Crippen molar-refractivity contribution in [1.82, 2.24) is 35.1 Å². The van der Waals surface area contributed by atoms with Crippen LogP contribution in [0.15, 0.2) is 18.6 Å². The van der Waals surface area contributed by atoms with Gasteiger partial charge in [0.1, 0.15) is 11.8 Å². The van der Waals surface area contributed by atoms with Crippen molar-refractivity contribution in [3.8, 4) is 17.1 Å². The van der Waals surface area contributed by atoms with E-state index in [2.05, 4.69) is 35.9 Å². The normalized spacial score (nSPS) is 22.1. The monoisotopic (exact) mass is 390 g/mol. The maximum atomic E-state index is 13.3. The first-order chi connectivity index (χ1) is 13.6. The summed E-state index contributed by atoms with van der Waals surface area (Å²) in [5, 5.41) is 17.8. The lowest BCUT2D eigenvalue weighted by Gasteiger charge is -2.34. The van der Waals surface area contributed by atoms with Gasteiger partial charge >= 0.3 is 0 Å². The van der Waals surface area contributed by atoms with Crippen molar-refractivity contribution < 1.29 is 13.5 Å². The van der Waals surface area contributed by atoms with Gasteiger partial charge < -0.3 is 15.4 Å². The third-order valence-electron chi connectivity index (χ3n) is 5.07. The highest BCUT2D eigenvalue weighted by Crippen LogP contribution is 2.41. The Hall–Kier alpha value is -2.82. The molecular formula is C17H20F2N8O. The predicted molar refractivity (Wildman–Crippen MR) is 96.5 cm³/mol. The van der Waals surface area contributed by atoms with Crippen LogP contribution in [0.4, 0.5) is 14.7 Å². The van der Waals surface area contributed by atoms with E-state index in [0.29, 0.717) is 28.7 Å². The zero-order chi connectivity index (χ0) is 19.1. The summed E-state index contributed by atoms with van der Waals surface area (Å²) in [7, 11) is 0. The topological polar surface area (TPSA) is 105 Å². The Balaban J connectivity index is 1.49. The molecule has 1 saturated carbocycles. The van der Waals surface area contributed by atoms with Crippen LogP contribution in [0, 0.1) is 0 Å². The SMILES string of the molecule is FC1(F)CC(Oc2c(-c3cn[nH]c3)ncc3nc(NC4CCCNC4)nn23)C1. The number of fused-ring (bicyclic) bond motifs is 1. The molecule has 5 rings (SSSR count). The molecule has 0 aromatic carbocycles. The fraction of sp³-hybridized carbons (Fsp3) is 0.529. The second-order valence-electron chi connectivity index (χ2n) is 7.30. The van der Waals surface area contributed by atoms with Crippen molar-refractivity contribution >= 4 is 11.6 Å². The molecule has 1 saturated heterocycles. The van der Waals surface area contributed by atoms with Gasteiger partial charge in [-0.15, -0.1) is 5.10 Å². The molecule has 1 atom stereocenters. The number of halogens is 2. The van der Waals surface area contributed by atoms with E-state index in [1.807, 2.05) is 0 Å². The maximum absolute atomic E-state index is 13.3. The van der Waals surface area contributed by atoms with E-state index >= 15 is 0 Å². The minimum absolute atomic E-state index is 0.238. The molecule has 0 amide bonds. The van der Waals surface area contributed by atoms with Crippen molar-refractivity contribution in [2.45, 2.75) is 43.8 Å². The van der Waals surface area contributed by atoms with Gasteiger partial charge in [-0.2, -0.15) is 14.6 Å². The Labute approximate surface area is 158 Å². The summed E-state index contributed by atoms with van der Waals surface area (Å²) in [5.41, 5.74) is 1.65. The van der Waals surface area contributed by atoms with Gasteiger partial charge in [0, 0.05) is 37.2 Å². The van der Waals surface area contributed by atoms with Gasteiger partial charge in [-0.05, 0) is 19.4 Å². The maximum Gasteiger partial charge on any atom is 0.255 e. The summed E-state index contributed by atoms with van der Waals surface area (Å²) in [6.07, 6.45) is 5.74. The number of nitrogens with zero attached hydrogens (tertiary/aromatic N) is 5. The van der Waals surface area contributed by atoms with Gasteiger partial charge in [0.05, 0.1) is 12.4 Å². The van der Waals surface area contributed by atoms with Crippen LogP contribution in [0.3, 0.4) is 0 Å². The van der Waals surface area contributed by atoms with Crippen molar-refractivity contribution in [3.63, 3.8) is 0 Å². The molecule has 148 valence electrons. The number of anilines is 1. The molecule has 2 fully saturated rings. The van der Waals surface area contributed by atoms with Crippen LogP contribution in [-0.2, 0) is 0 Å². The zero-order valence-corrected chi connectivity index (χ0v) is 15.0. The van der Waals surface area contributed by atoms with E-state index < -0.39 is 12.0 Å². The predicted octanol–water partition coefficient (Wildman–Crippen LogP) is 1.85. The molecule has 0 bridgehead atoms. The zero-order valence-electron chi connectivity index (χ0n) is 15.0. The summed E-state index contributed by atoms with van der Waals surface area (Å²) >= 11 is 0. The highest BCUT2D eigenvalue weighted by atomic mass is 19.3. The Morgan fingerprint density at radius 2 is 2.18 bits per heavy atom. The van der Waals surface area contributed by atoms with E-state index in [9.17, 15) is 8.78 Å². The number of hydrogen-bond acceptors (Lipinski definition) is 7. The summed E-state index contributed by atoms with van der Waals surface area (Å²) in [6, 6.07) is 0.238. The van der Waals surface area contributed by atoms with E-state index in [0.717, 1.165) is 25.9 Å². The van der Waals surface area contributed by atoms with Crippen LogP contribution < -0.4 is 15.4 Å². The van der Waals surface area contributed by atoms with Gasteiger partial charge in [0.15, 0.2) is 5.65 Å². The largest absolute Gasteiger partial charge is 0.472 e. The Morgan fingerprint density at radius 3 is 2.89 bits per heavy atom. The van der Waals surface area contributed by atoms with Crippen LogP contribution in [0.25, 0.3) is 16.9 Å². The summed E-state index contributed by atoms with van der Waals surface area (Å²) in [6.45, 7) is 1.85. The standard InChI is InChI=1S/C17H20F2N8O/c18-17(19)4-12(5-17)28-15-14(10-6-22-23-7-10)21-9-13-25-16(26-27(13)15)24-11-2-1-3-20-8-11/h6-7,9,11-12,20H,1-5,8H2,(H,22,23)(H,24,26). The minimum atomic E-state index is -2.68. The van der Waals surface area contributed by atoms with Crippen LogP contribution in [-0.4, -0.2) is 60.9 Å². The first-order valence-corrected chi connectivity index (χ1v) is 9.34. The fourth-order valence-electron chi connectivity index (χ4n) is 3.59. The average Bonchev–Trinajstić information content (AvgIpc) is 3.31. The summed E-state index contributed by atoms with van der Waals surface area (Å²) in [5.74, 6) is -1.92. The van der Waals surface area contributed by atoms with Gasteiger partial charge in [-0.1, -0.05) is 0 Å². The third-order valence-corrected chi connectivity index (χ3v) is 5.07. The first-order valence-electron chi connectivity index (χ1n) is 9.34. The van der Waals surface area contributed by atoms with Gasteiger partial charge in [-0.3, -0.25) is 5.10 Å². The van der Waals surface area contributed by atoms with Crippen LogP contribution in [0.5, 0.6) is 5.88 Å². The highest BCUT2D eigenvalue weighted by molar-refractivity contribution is 5.65. The number of hydrogen-bond donors (Lipinski definition) is 3. The van der Waals surface area contributed by atoms with Gasteiger partial charge in [0.2, 0.25) is 11.8 Å². The Morgan fingerprint density at radius 1 is 1.29 bits per heavy atom. The van der Waals surface area contributed by atoms with E-state index in [-0.39, 0.29) is 18.9 Å². The summed E-state index contributed by atoms with van der Waals surface area (Å²) in [4.78, 5) is 8.89. The molecule has 1 aliphatic carbocycles. The lowest BCUT2D eigenvalue weighted by atomic mass is 9.91. The molecule has 0 radical (unpaired) electrons.